The highest BCUT2D eigenvalue weighted by atomic mass is 35.5. The minimum absolute atomic E-state index is 0.133. The first-order valence-corrected chi connectivity index (χ1v) is 9.58. The average Bonchev–Trinajstić information content (AvgIpc) is 3.41. The standard InChI is InChI=1S/C20H14Cl2N4O4/c21-12-10-13(22)20(23-11-12)29-15-5-2-1-4-14(15)24-17(27)7-8-18-25-19(26-30-18)16-6-3-9-28-16/h1-6,9-11H,7-8H2,(H,24,27). The summed E-state index contributed by atoms with van der Waals surface area (Å²) in [5.74, 6) is 1.48. The van der Waals surface area contributed by atoms with Crippen molar-refractivity contribution < 1.29 is 18.5 Å². The molecule has 30 heavy (non-hydrogen) atoms. The number of carbonyl (C=O) groups is 1. The summed E-state index contributed by atoms with van der Waals surface area (Å²) >= 11 is 12.0. The number of nitrogens with zero attached hydrogens (tertiary/aromatic N) is 3. The van der Waals surface area contributed by atoms with Crippen LogP contribution in [0.4, 0.5) is 5.69 Å². The molecule has 0 aliphatic heterocycles. The van der Waals surface area contributed by atoms with E-state index in [-0.39, 0.29) is 29.7 Å². The van der Waals surface area contributed by atoms with Gasteiger partial charge in [-0.25, -0.2) is 4.98 Å². The molecule has 0 radical (unpaired) electrons. The number of aromatic nitrogens is 3. The molecule has 0 atom stereocenters. The smallest absolute Gasteiger partial charge is 0.238 e. The van der Waals surface area contributed by atoms with Gasteiger partial charge in [0.1, 0.15) is 5.02 Å². The number of hydrogen-bond donors (Lipinski definition) is 1. The van der Waals surface area contributed by atoms with Gasteiger partial charge in [0, 0.05) is 19.0 Å². The third kappa shape index (κ3) is 4.79. The maximum Gasteiger partial charge on any atom is 0.238 e. The number of aryl methyl sites for hydroxylation is 1. The number of carbonyl (C=O) groups excluding carboxylic acids is 1. The van der Waals surface area contributed by atoms with Crippen molar-refractivity contribution in [3.05, 3.63) is 70.9 Å². The molecule has 4 rings (SSSR count). The molecular formula is C20H14Cl2N4O4. The fourth-order valence-electron chi connectivity index (χ4n) is 2.54. The number of benzene rings is 1. The zero-order valence-electron chi connectivity index (χ0n) is 15.3. The van der Waals surface area contributed by atoms with Gasteiger partial charge in [0.2, 0.25) is 23.5 Å². The van der Waals surface area contributed by atoms with E-state index >= 15 is 0 Å². The van der Waals surface area contributed by atoms with Crippen LogP contribution in [0.3, 0.4) is 0 Å². The van der Waals surface area contributed by atoms with Crippen molar-refractivity contribution in [3.63, 3.8) is 0 Å². The van der Waals surface area contributed by atoms with E-state index in [4.69, 9.17) is 36.9 Å². The lowest BCUT2D eigenvalue weighted by Gasteiger charge is -2.12. The third-order valence-electron chi connectivity index (χ3n) is 3.92. The molecule has 0 unspecified atom stereocenters. The Balaban J connectivity index is 1.39. The molecule has 0 bridgehead atoms. The average molecular weight is 445 g/mol. The molecule has 0 aliphatic carbocycles. The van der Waals surface area contributed by atoms with Crippen molar-refractivity contribution >= 4 is 34.8 Å². The zero-order chi connectivity index (χ0) is 20.9. The van der Waals surface area contributed by atoms with Crippen LogP contribution in [0.25, 0.3) is 11.6 Å². The second kappa shape index (κ2) is 8.98. The molecule has 0 fully saturated rings. The zero-order valence-corrected chi connectivity index (χ0v) is 16.9. The molecular weight excluding hydrogens is 431 g/mol. The Morgan fingerprint density at radius 3 is 2.83 bits per heavy atom. The lowest BCUT2D eigenvalue weighted by Crippen LogP contribution is -2.13. The van der Waals surface area contributed by atoms with Crippen LogP contribution in [0.1, 0.15) is 12.3 Å². The maximum atomic E-state index is 12.4. The number of ether oxygens (including phenoxy) is 1. The van der Waals surface area contributed by atoms with E-state index in [9.17, 15) is 4.79 Å². The van der Waals surface area contributed by atoms with Crippen LogP contribution >= 0.6 is 23.2 Å². The van der Waals surface area contributed by atoms with Crippen molar-refractivity contribution in [2.24, 2.45) is 0 Å². The largest absolute Gasteiger partial charge is 0.461 e. The molecule has 3 aromatic heterocycles. The van der Waals surface area contributed by atoms with Gasteiger partial charge in [-0.3, -0.25) is 4.79 Å². The number of anilines is 1. The number of para-hydroxylation sites is 2. The highest BCUT2D eigenvalue weighted by molar-refractivity contribution is 6.35. The molecule has 152 valence electrons. The van der Waals surface area contributed by atoms with Crippen molar-refractivity contribution in [1.82, 2.24) is 15.1 Å². The van der Waals surface area contributed by atoms with Gasteiger partial charge in [-0.15, -0.1) is 0 Å². The van der Waals surface area contributed by atoms with Crippen LogP contribution in [0.15, 0.2) is 63.9 Å². The Kier molecular flexibility index (Phi) is 5.97. The molecule has 0 aliphatic rings. The van der Waals surface area contributed by atoms with E-state index in [2.05, 4.69) is 20.4 Å². The van der Waals surface area contributed by atoms with E-state index in [1.54, 1.807) is 36.4 Å². The number of nitrogens with one attached hydrogen (secondary N) is 1. The number of amides is 1. The first-order valence-electron chi connectivity index (χ1n) is 8.83. The number of furan rings is 1. The van der Waals surface area contributed by atoms with Gasteiger partial charge in [0.15, 0.2) is 11.5 Å². The van der Waals surface area contributed by atoms with Crippen LogP contribution in [0, 0.1) is 0 Å². The maximum absolute atomic E-state index is 12.4. The molecule has 0 saturated heterocycles. The second-order valence-electron chi connectivity index (χ2n) is 6.08. The van der Waals surface area contributed by atoms with Crippen LogP contribution in [-0.2, 0) is 11.2 Å². The predicted octanol–water partition coefficient (Wildman–Crippen LogP) is 5.40. The van der Waals surface area contributed by atoms with Crippen LogP contribution in [0.2, 0.25) is 10.0 Å². The Hall–Kier alpha value is -3.36. The van der Waals surface area contributed by atoms with Crippen LogP contribution in [0.5, 0.6) is 11.6 Å². The van der Waals surface area contributed by atoms with Gasteiger partial charge >= 0.3 is 0 Å². The van der Waals surface area contributed by atoms with Crippen molar-refractivity contribution in [1.29, 1.82) is 0 Å². The molecule has 0 saturated carbocycles. The molecule has 3 heterocycles. The summed E-state index contributed by atoms with van der Waals surface area (Å²) in [7, 11) is 0. The Morgan fingerprint density at radius 2 is 2.03 bits per heavy atom. The molecule has 0 spiro atoms. The summed E-state index contributed by atoms with van der Waals surface area (Å²) in [6, 6.07) is 11.9. The summed E-state index contributed by atoms with van der Waals surface area (Å²) in [4.78, 5) is 20.7. The quantitative estimate of drug-likeness (QED) is 0.407. The van der Waals surface area contributed by atoms with Crippen LogP contribution < -0.4 is 10.1 Å². The van der Waals surface area contributed by atoms with Crippen molar-refractivity contribution in [2.75, 3.05) is 5.32 Å². The van der Waals surface area contributed by atoms with Gasteiger partial charge in [0.25, 0.3) is 0 Å². The van der Waals surface area contributed by atoms with E-state index in [0.29, 0.717) is 33.9 Å². The Morgan fingerprint density at radius 1 is 1.17 bits per heavy atom. The SMILES string of the molecule is O=C(CCc1nc(-c2ccco2)no1)Nc1ccccc1Oc1ncc(Cl)cc1Cl. The minimum atomic E-state index is -0.251. The predicted molar refractivity (Wildman–Crippen MR) is 110 cm³/mol. The van der Waals surface area contributed by atoms with E-state index in [1.807, 2.05) is 0 Å². The van der Waals surface area contributed by atoms with Crippen molar-refractivity contribution in [2.45, 2.75) is 12.8 Å². The molecule has 4 aromatic rings. The number of pyridine rings is 1. The fraction of sp³-hybridized carbons (Fsp3) is 0.100. The van der Waals surface area contributed by atoms with Gasteiger partial charge in [0.05, 0.1) is 17.0 Å². The molecule has 1 amide bonds. The monoisotopic (exact) mass is 444 g/mol. The Bertz CT molecular complexity index is 1160. The third-order valence-corrected chi connectivity index (χ3v) is 4.39. The summed E-state index contributed by atoms with van der Waals surface area (Å²) in [5, 5.41) is 7.28. The number of hydrogen-bond acceptors (Lipinski definition) is 7. The molecule has 1 aromatic carbocycles. The summed E-state index contributed by atoms with van der Waals surface area (Å²) in [6.45, 7) is 0. The highest BCUT2D eigenvalue weighted by Gasteiger charge is 2.14. The normalized spacial score (nSPS) is 10.7. The van der Waals surface area contributed by atoms with Crippen LogP contribution in [-0.4, -0.2) is 21.0 Å². The van der Waals surface area contributed by atoms with Gasteiger partial charge < -0.3 is 19.0 Å². The first-order chi connectivity index (χ1) is 14.6. The lowest BCUT2D eigenvalue weighted by molar-refractivity contribution is -0.116. The topological polar surface area (TPSA) is 103 Å². The molecule has 10 heteroatoms. The molecule has 8 nitrogen and oxygen atoms in total. The van der Waals surface area contributed by atoms with E-state index < -0.39 is 0 Å². The minimum Gasteiger partial charge on any atom is -0.461 e. The van der Waals surface area contributed by atoms with E-state index in [1.165, 1.54) is 18.5 Å². The summed E-state index contributed by atoms with van der Waals surface area (Å²) < 4.78 is 16.1. The molecule has 1 N–H and O–H groups in total. The fourth-order valence-corrected chi connectivity index (χ4v) is 2.95. The first kappa shape index (κ1) is 19.9. The Labute approximate surface area is 180 Å². The number of rotatable bonds is 7. The second-order valence-corrected chi connectivity index (χ2v) is 6.92. The number of halogens is 2. The highest BCUT2D eigenvalue weighted by Crippen LogP contribution is 2.33. The van der Waals surface area contributed by atoms with Crippen molar-refractivity contribution in [3.8, 4) is 23.2 Å². The van der Waals surface area contributed by atoms with Gasteiger partial charge in [-0.05, 0) is 30.3 Å². The van der Waals surface area contributed by atoms with E-state index in [0.717, 1.165) is 0 Å². The lowest BCUT2D eigenvalue weighted by atomic mass is 10.2. The summed E-state index contributed by atoms with van der Waals surface area (Å²) in [5.41, 5.74) is 0.470. The summed E-state index contributed by atoms with van der Waals surface area (Å²) in [6.07, 6.45) is 3.34. The van der Waals surface area contributed by atoms with Gasteiger partial charge in [-0.2, -0.15) is 4.98 Å². The van der Waals surface area contributed by atoms with Gasteiger partial charge in [-0.1, -0.05) is 40.5 Å².